The maximum atomic E-state index is 13.8. The molecule has 0 bridgehead atoms. The van der Waals surface area contributed by atoms with E-state index < -0.39 is 5.82 Å². The number of Topliss-reactive ketones (excluding diaryl/α,β-unsaturated/α-hetero) is 1. The van der Waals surface area contributed by atoms with Crippen LogP contribution in [0.1, 0.15) is 35.1 Å². The molecule has 0 radical (unpaired) electrons. The highest BCUT2D eigenvalue weighted by Crippen LogP contribution is 2.26. The van der Waals surface area contributed by atoms with Gasteiger partial charge in [-0.1, -0.05) is 30.8 Å². The number of rotatable bonds is 7. The molecule has 0 N–H and O–H groups in total. The van der Waals surface area contributed by atoms with Crippen molar-refractivity contribution in [2.75, 3.05) is 5.75 Å². The predicted octanol–water partition coefficient (Wildman–Crippen LogP) is 4.68. The number of benzene rings is 1. The van der Waals surface area contributed by atoms with Crippen molar-refractivity contribution in [2.24, 2.45) is 0 Å². The summed E-state index contributed by atoms with van der Waals surface area (Å²) >= 11 is 1.16. The highest BCUT2D eigenvalue weighted by Gasteiger charge is 2.18. The molecule has 136 valence electrons. The van der Waals surface area contributed by atoms with Gasteiger partial charge in [0.25, 0.3) is 11.1 Å². The van der Waals surface area contributed by atoms with Crippen LogP contribution in [0.2, 0.25) is 0 Å². The zero-order chi connectivity index (χ0) is 18.7. The van der Waals surface area contributed by atoms with Crippen LogP contribution in [0, 0.1) is 19.7 Å². The highest BCUT2D eigenvalue weighted by molar-refractivity contribution is 7.99. The molecule has 0 atom stereocenters. The van der Waals surface area contributed by atoms with Crippen molar-refractivity contribution in [3.8, 4) is 11.5 Å². The van der Waals surface area contributed by atoms with Gasteiger partial charge in [0.1, 0.15) is 5.82 Å². The molecule has 0 aliphatic carbocycles. The van der Waals surface area contributed by atoms with Gasteiger partial charge in [0, 0.05) is 23.5 Å². The third-order valence-corrected chi connectivity index (χ3v) is 4.98. The quantitative estimate of drug-likeness (QED) is 0.444. The number of aryl methyl sites for hydroxylation is 1. The summed E-state index contributed by atoms with van der Waals surface area (Å²) in [7, 11) is 0. The van der Waals surface area contributed by atoms with Crippen LogP contribution in [0.5, 0.6) is 0 Å². The van der Waals surface area contributed by atoms with E-state index in [1.807, 2.05) is 19.9 Å². The summed E-state index contributed by atoms with van der Waals surface area (Å²) in [5.74, 6) is -0.114. The van der Waals surface area contributed by atoms with Gasteiger partial charge >= 0.3 is 0 Å². The monoisotopic (exact) mass is 373 g/mol. The van der Waals surface area contributed by atoms with Crippen molar-refractivity contribution in [2.45, 2.75) is 39.0 Å². The number of nitrogens with zero attached hydrogens (tertiary/aromatic N) is 3. The lowest BCUT2D eigenvalue weighted by atomic mass is 10.2. The Morgan fingerprint density at radius 1 is 1.27 bits per heavy atom. The van der Waals surface area contributed by atoms with Gasteiger partial charge in [0.2, 0.25) is 0 Å². The molecule has 0 spiro atoms. The van der Waals surface area contributed by atoms with Crippen LogP contribution in [0.4, 0.5) is 4.39 Å². The largest absolute Gasteiger partial charge is 0.411 e. The van der Waals surface area contributed by atoms with Crippen molar-refractivity contribution in [3.05, 3.63) is 53.1 Å². The highest BCUT2D eigenvalue weighted by atomic mass is 32.2. The Bertz CT molecular complexity index is 933. The first-order valence-electron chi connectivity index (χ1n) is 8.42. The number of hydrogen-bond donors (Lipinski definition) is 0. The third kappa shape index (κ3) is 3.72. The Morgan fingerprint density at radius 2 is 2.04 bits per heavy atom. The van der Waals surface area contributed by atoms with Gasteiger partial charge in [-0.05, 0) is 38.5 Å². The summed E-state index contributed by atoms with van der Waals surface area (Å²) in [4.78, 5) is 12.6. The molecule has 3 rings (SSSR count). The van der Waals surface area contributed by atoms with Gasteiger partial charge in [-0.3, -0.25) is 4.79 Å². The Labute approximate surface area is 155 Å². The normalized spacial score (nSPS) is 11.1. The molecule has 2 aromatic heterocycles. The van der Waals surface area contributed by atoms with Gasteiger partial charge in [-0.25, -0.2) is 4.39 Å². The fraction of sp³-hybridized carbons (Fsp3) is 0.316. The average molecular weight is 373 g/mol. The zero-order valence-electron chi connectivity index (χ0n) is 15.0. The number of carbonyl (C=O) groups is 1. The van der Waals surface area contributed by atoms with E-state index in [1.54, 1.807) is 18.2 Å². The van der Waals surface area contributed by atoms with Crippen molar-refractivity contribution >= 4 is 17.5 Å². The van der Waals surface area contributed by atoms with Gasteiger partial charge in [-0.2, -0.15) is 0 Å². The van der Waals surface area contributed by atoms with Crippen LogP contribution < -0.4 is 0 Å². The number of hydrogen-bond acceptors (Lipinski definition) is 5. The molecule has 0 aliphatic rings. The van der Waals surface area contributed by atoms with Crippen LogP contribution in [-0.4, -0.2) is 26.3 Å². The molecular formula is C19H20FN3O2S. The lowest BCUT2D eigenvalue weighted by molar-refractivity contribution is 0.102. The standard InChI is InChI=1S/C19H20FN3O2S/c1-4-9-23-12(2)10-15(13(23)3)17(24)11-26-19-22-21-18(25-19)14-7-5-6-8-16(14)20/h5-8,10H,4,9,11H2,1-3H3. The maximum Gasteiger partial charge on any atom is 0.277 e. The fourth-order valence-electron chi connectivity index (χ4n) is 2.87. The molecule has 0 aliphatic heterocycles. The summed E-state index contributed by atoms with van der Waals surface area (Å²) in [6.45, 7) is 6.97. The minimum absolute atomic E-state index is 0.0103. The summed E-state index contributed by atoms with van der Waals surface area (Å²) in [6.07, 6.45) is 1.01. The topological polar surface area (TPSA) is 60.9 Å². The van der Waals surface area contributed by atoms with E-state index >= 15 is 0 Å². The van der Waals surface area contributed by atoms with E-state index in [0.717, 1.165) is 41.7 Å². The second-order valence-corrected chi connectivity index (χ2v) is 6.93. The first kappa shape index (κ1) is 18.4. The van der Waals surface area contributed by atoms with Crippen LogP contribution in [-0.2, 0) is 6.54 Å². The molecule has 3 aromatic rings. The number of ketones is 1. The van der Waals surface area contributed by atoms with Crippen LogP contribution in [0.15, 0.2) is 40.0 Å². The van der Waals surface area contributed by atoms with Crippen molar-refractivity contribution in [1.82, 2.24) is 14.8 Å². The van der Waals surface area contributed by atoms with E-state index in [1.165, 1.54) is 6.07 Å². The molecule has 7 heteroatoms. The van der Waals surface area contributed by atoms with Crippen LogP contribution in [0.3, 0.4) is 0 Å². The van der Waals surface area contributed by atoms with Gasteiger partial charge in [-0.15, -0.1) is 10.2 Å². The van der Waals surface area contributed by atoms with Gasteiger partial charge in [0.15, 0.2) is 5.78 Å². The smallest absolute Gasteiger partial charge is 0.277 e. The summed E-state index contributed by atoms with van der Waals surface area (Å²) in [5.41, 5.74) is 3.03. The molecule has 0 saturated heterocycles. The Hall–Kier alpha value is -2.41. The van der Waals surface area contributed by atoms with Gasteiger partial charge < -0.3 is 8.98 Å². The molecule has 0 fully saturated rings. The Kier molecular flexibility index (Phi) is 5.56. The Balaban J connectivity index is 1.69. The average Bonchev–Trinajstić information content (AvgIpc) is 3.20. The SMILES string of the molecule is CCCn1c(C)cc(C(=O)CSc2nnc(-c3ccccc3F)o2)c1C. The number of carbonyl (C=O) groups excluding carboxylic acids is 1. The first-order chi connectivity index (χ1) is 12.5. The minimum Gasteiger partial charge on any atom is -0.411 e. The van der Waals surface area contributed by atoms with Crippen LogP contribution >= 0.6 is 11.8 Å². The van der Waals surface area contributed by atoms with E-state index in [2.05, 4.69) is 21.7 Å². The summed E-state index contributed by atoms with van der Waals surface area (Å²) in [5, 5.41) is 8.01. The number of aromatic nitrogens is 3. The van der Waals surface area contributed by atoms with Crippen molar-refractivity contribution in [1.29, 1.82) is 0 Å². The van der Waals surface area contributed by atoms with Crippen molar-refractivity contribution < 1.29 is 13.6 Å². The third-order valence-electron chi connectivity index (χ3n) is 4.16. The molecule has 0 saturated carbocycles. The molecule has 26 heavy (non-hydrogen) atoms. The maximum absolute atomic E-state index is 13.8. The second kappa shape index (κ2) is 7.86. The van der Waals surface area contributed by atoms with Gasteiger partial charge in [0.05, 0.1) is 11.3 Å². The van der Waals surface area contributed by atoms with Crippen LogP contribution in [0.25, 0.3) is 11.5 Å². The molecule has 5 nitrogen and oxygen atoms in total. The lowest BCUT2D eigenvalue weighted by Crippen LogP contribution is -2.06. The van der Waals surface area contributed by atoms with E-state index in [9.17, 15) is 9.18 Å². The zero-order valence-corrected chi connectivity index (χ0v) is 15.8. The van der Waals surface area contributed by atoms with E-state index in [-0.39, 0.29) is 28.2 Å². The lowest BCUT2D eigenvalue weighted by Gasteiger charge is -2.07. The second-order valence-electron chi connectivity index (χ2n) is 6.00. The molecule has 1 aromatic carbocycles. The predicted molar refractivity (Wildman–Crippen MR) is 98.9 cm³/mol. The van der Waals surface area contributed by atoms with E-state index in [4.69, 9.17) is 4.42 Å². The molecule has 0 amide bonds. The molecular weight excluding hydrogens is 353 g/mol. The minimum atomic E-state index is -0.424. The summed E-state index contributed by atoms with van der Waals surface area (Å²) in [6, 6.07) is 8.13. The number of thioether (sulfide) groups is 1. The molecule has 0 unspecified atom stereocenters. The first-order valence-corrected chi connectivity index (χ1v) is 9.41. The van der Waals surface area contributed by atoms with E-state index in [0.29, 0.717) is 0 Å². The number of halogens is 1. The van der Waals surface area contributed by atoms with Crippen molar-refractivity contribution in [3.63, 3.8) is 0 Å². The fourth-order valence-corrected chi connectivity index (χ4v) is 3.51. The molecule has 2 heterocycles. The summed E-state index contributed by atoms with van der Waals surface area (Å²) < 4.78 is 21.4. The Morgan fingerprint density at radius 3 is 2.77 bits per heavy atom.